The van der Waals surface area contributed by atoms with Crippen molar-refractivity contribution in [2.45, 2.75) is 32.8 Å². The Morgan fingerprint density at radius 2 is 1.91 bits per heavy atom. The van der Waals surface area contributed by atoms with E-state index >= 15 is 0 Å². The molecule has 0 saturated carbocycles. The van der Waals surface area contributed by atoms with E-state index in [4.69, 9.17) is 37.1 Å². The highest BCUT2D eigenvalue weighted by Crippen LogP contribution is 2.38. The van der Waals surface area contributed by atoms with Crippen molar-refractivity contribution in [3.05, 3.63) is 76.0 Å². The van der Waals surface area contributed by atoms with E-state index in [2.05, 4.69) is 11.1 Å². The van der Waals surface area contributed by atoms with Crippen LogP contribution in [0.3, 0.4) is 0 Å². The number of hydrogen-bond donors (Lipinski definition) is 0. The summed E-state index contributed by atoms with van der Waals surface area (Å²) in [7, 11) is 0. The van der Waals surface area contributed by atoms with Crippen LogP contribution in [-0.4, -0.2) is 23.3 Å². The molecule has 3 rings (SSSR count). The number of carbonyl (C=O) groups excluding carboxylic acids is 1. The minimum absolute atomic E-state index is 0.112. The molecule has 0 aliphatic carbocycles. The fraction of sp³-hybridized carbons (Fsp3) is 0.292. The second kappa shape index (κ2) is 10.1. The number of rotatable bonds is 9. The Bertz CT molecular complexity index is 1150. The van der Waals surface area contributed by atoms with E-state index in [0.29, 0.717) is 33.9 Å². The number of hydrogen-bond acceptors (Lipinski definition) is 6. The molecule has 6 nitrogen and oxygen atoms in total. The Hall–Kier alpha value is -3.01. The monoisotopic (exact) mass is 472 g/mol. The molecule has 8 heteroatoms. The molecule has 0 radical (unpaired) electrons. The van der Waals surface area contributed by atoms with Crippen LogP contribution in [0.1, 0.15) is 53.8 Å². The molecule has 0 fully saturated rings. The summed E-state index contributed by atoms with van der Waals surface area (Å²) in [5.41, 5.74) is 2.09. The first kappa shape index (κ1) is 23.6. The van der Waals surface area contributed by atoms with Gasteiger partial charge in [0.2, 0.25) is 5.89 Å². The molecule has 0 bridgehead atoms. The number of aromatic nitrogens is 1. The third-order valence-corrected chi connectivity index (χ3v) is 5.50. The second-order valence-corrected chi connectivity index (χ2v) is 8.39. The third-order valence-electron chi connectivity index (χ3n) is 5.06. The molecule has 166 valence electrons. The molecule has 0 aliphatic rings. The molecule has 0 spiro atoms. The molecule has 0 N–H and O–H groups in total. The van der Waals surface area contributed by atoms with Crippen molar-refractivity contribution in [1.29, 1.82) is 5.26 Å². The van der Waals surface area contributed by atoms with Gasteiger partial charge in [0.15, 0.2) is 18.1 Å². The van der Waals surface area contributed by atoms with Gasteiger partial charge in [0, 0.05) is 12.3 Å². The number of halogens is 2. The molecule has 0 amide bonds. The molecule has 0 atom stereocenters. The van der Waals surface area contributed by atoms with Crippen LogP contribution in [0.5, 0.6) is 11.5 Å². The van der Waals surface area contributed by atoms with Gasteiger partial charge in [-0.15, -0.1) is 11.6 Å². The molecule has 2 aromatic carbocycles. The SMILES string of the molecule is CC(=O)c1coc(COc2ccc(C(C)(C)c3cc(Cl)c(OCCCl)c(C#N)c3)cc2)n1. The second-order valence-electron chi connectivity index (χ2n) is 7.60. The van der Waals surface area contributed by atoms with Crippen LogP contribution >= 0.6 is 23.2 Å². The summed E-state index contributed by atoms with van der Waals surface area (Å²) in [5.74, 6) is 1.45. The van der Waals surface area contributed by atoms with E-state index in [1.54, 1.807) is 6.07 Å². The maximum Gasteiger partial charge on any atom is 0.232 e. The highest BCUT2D eigenvalue weighted by Gasteiger charge is 2.26. The summed E-state index contributed by atoms with van der Waals surface area (Å²) < 4.78 is 16.5. The highest BCUT2D eigenvalue weighted by molar-refractivity contribution is 6.32. The number of carbonyl (C=O) groups is 1. The Kier molecular flexibility index (Phi) is 7.44. The lowest BCUT2D eigenvalue weighted by atomic mass is 9.77. The van der Waals surface area contributed by atoms with Gasteiger partial charge in [-0.3, -0.25) is 4.79 Å². The quantitative estimate of drug-likeness (QED) is 0.283. The first-order valence-corrected chi connectivity index (χ1v) is 10.8. The minimum Gasteiger partial charge on any atom is -0.489 e. The molecule has 3 aromatic rings. The van der Waals surface area contributed by atoms with Crippen LogP contribution in [0.2, 0.25) is 5.02 Å². The smallest absolute Gasteiger partial charge is 0.232 e. The van der Waals surface area contributed by atoms with Crippen molar-refractivity contribution < 1.29 is 18.7 Å². The van der Waals surface area contributed by atoms with Gasteiger partial charge in [-0.25, -0.2) is 4.98 Å². The van der Waals surface area contributed by atoms with Crippen molar-refractivity contribution in [3.63, 3.8) is 0 Å². The average Bonchev–Trinajstić information content (AvgIpc) is 3.26. The molecule has 0 saturated heterocycles. The van der Waals surface area contributed by atoms with E-state index in [1.165, 1.54) is 13.2 Å². The highest BCUT2D eigenvalue weighted by atomic mass is 35.5. The standard InChI is InChI=1S/C24H22Cl2N2O4/c1-15(29)21-13-32-22(28-21)14-31-19-6-4-17(5-7-19)24(2,3)18-10-16(12-27)23(20(26)11-18)30-9-8-25/h4-7,10-11,13H,8-9,14H2,1-3H3. The Labute approximate surface area is 196 Å². The van der Waals surface area contributed by atoms with Gasteiger partial charge in [-0.2, -0.15) is 5.26 Å². The van der Waals surface area contributed by atoms with Crippen LogP contribution in [0.4, 0.5) is 0 Å². The normalized spacial score (nSPS) is 11.1. The summed E-state index contributed by atoms with van der Waals surface area (Å²) in [6.45, 7) is 5.90. The van der Waals surface area contributed by atoms with E-state index in [1.807, 2.05) is 44.2 Å². The van der Waals surface area contributed by atoms with E-state index in [0.717, 1.165) is 11.1 Å². The molecular formula is C24H22Cl2N2O4. The maximum absolute atomic E-state index is 11.3. The minimum atomic E-state index is -0.433. The predicted octanol–water partition coefficient (Wildman–Crippen LogP) is 5.92. The summed E-state index contributed by atoms with van der Waals surface area (Å²) in [4.78, 5) is 15.4. The first-order chi connectivity index (χ1) is 15.3. The number of Topliss-reactive ketones (excluding diaryl/α,β-unsaturated/α-hetero) is 1. The van der Waals surface area contributed by atoms with Crippen LogP contribution < -0.4 is 9.47 Å². The number of ketones is 1. The van der Waals surface area contributed by atoms with Crippen LogP contribution in [0.15, 0.2) is 47.1 Å². The fourth-order valence-electron chi connectivity index (χ4n) is 3.14. The summed E-state index contributed by atoms with van der Waals surface area (Å²) in [5, 5.41) is 9.92. The van der Waals surface area contributed by atoms with Crippen molar-refractivity contribution >= 4 is 29.0 Å². The zero-order valence-electron chi connectivity index (χ0n) is 17.9. The predicted molar refractivity (Wildman–Crippen MR) is 122 cm³/mol. The number of nitrogens with zero attached hydrogens (tertiary/aromatic N) is 2. The lowest BCUT2D eigenvalue weighted by Gasteiger charge is -2.27. The van der Waals surface area contributed by atoms with E-state index in [-0.39, 0.29) is 24.7 Å². The van der Waals surface area contributed by atoms with E-state index in [9.17, 15) is 10.1 Å². The van der Waals surface area contributed by atoms with E-state index < -0.39 is 5.41 Å². The van der Waals surface area contributed by atoms with Crippen LogP contribution in [0, 0.1) is 11.3 Å². The van der Waals surface area contributed by atoms with Gasteiger partial charge in [0.1, 0.15) is 30.4 Å². The maximum atomic E-state index is 11.3. The number of nitriles is 1. The van der Waals surface area contributed by atoms with Gasteiger partial charge >= 0.3 is 0 Å². The molecule has 0 aliphatic heterocycles. The lowest BCUT2D eigenvalue weighted by molar-refractivity contribution is 0.101. The van der Waals surface area contributed by atoms with Crippen LogP contribution in [0.25, 0.3) is 0 Å². The van der Waals surface area contributed by atoms with Gasteiger partial charge in [0.25, 0.3) is 0 Å². The zero-order valence-corrected chi connectivity index (χ0v) is 19.5. The van der Waals surface area contributed by atoms with Gasteiger partial charge in [-0.05, 0) is 35.4 Å². The Morgan fingerprint density at radius 3 is 2.50 bits per heavy atom. The molecular weight excluding hydrogens is 451 g/mol. The van der Waals surface area contributed by atoms with Gasteiger partial charge < -0.3 is 13.9 Å². The van der Waals surface area contributed by atoms with Crippen molar-refractivity contribution in [2.24, 2.45) is 0 Å². The van der Waals surface area contributed by atoms with Crippen molar-refractivity contribution in [3.8, 4) is 17.6 Å². The fourth-order valence-corrected chi connectivity index (χ4v) is 3.49. The number of alkyl halides is 1. The lowest BCUT2D eigenvalue weighted by Crippen LogP contribution is -2.19. The number of ether oxygens (including phenoxy) is 2. The number of oxazole rings is 1. The third kappa shape index (κ3) is 5.24. The first-order valence-electron chi connectivity index (χ1n) is 9.87. The largest absolute Gasteiger partial charge is 0.489 e. The van der Waals surface area contributed by atoms with Gasteiger partial charge in [0.05, 0.1) is 16.5 Å². The topological polar surface area (TPSA) is 85.4 Å². The van der Waals surface area contributed by atoms with Crippen LogP contribution in [-0.2, 0) is 12.0 Å². The molecule has 1 heterocycles. The molecule has 0 unspecified atom stereocenters. The number of benzene rings is 2. The Balaban J connectivity index is 1.77. The van der Waals surface area contributed by atoms with Gasteiger partial charge in [-0.1, -0.05) is 37.6 Å². The molecule has 32 heavy (non-hydrogen) atoms. The summed E-state index contributed by atoms with van der Waals surface area (Å²) >= 11 is 12.1. The molecule has 1 aromatic heterocycles. The summed E-state index contributed by atoms with van der Waals surface area (Å²) in [6.07, 6.45) is 1.32. The average molecular weight is 473 g/mol. The zero-order chi connectivity index (χ0) is 23.3. The summed E-state index contributed by atoms with van der Waals surface area (Å²) in [6, 6.07) is 13.3. The Morgan fingerprint density at radius 1 is 1.19 bits per heavy atom. The van der Waals surface area contributed by atoms with Crippen molar-refractivity contribution in [1.82, 2.24) is 4.98 Å². The van der Waals surface area contributed by atoms with Crippen molar-refractivity contribution in [2.75, 3.05) is 12.5 Å².